The maximum atomic E-state index is 11.3. The van der Waals surface area contributed by atoms with E-state index in [9.17, 15) is 9.90 Å². The highest BCUT2D eigenvalue weighted by molar-refractivity contribution is 6.00. The predicted molar refractivity (Wildman–Crippen MR) is 65.8 cm³/mol. The summed E-state index contributed by atoms with van der Waals surface area (Å²) in [7, 11) is 0. The Labute approximate surface area is 102 Å². The molecule has 2 aromatic heterocycles. The Morgan fingerprint density at radius 1 is 1.28 bits per heavy atom. The minimum Gasteiger partial charge on any atom is -0.478 e. The number of hydrogen-bond acceptors (Lipinski definition) is 3. The number of carboxylic acids is 1. The highest BCUT2D eigenvalue weighted by Gasteiger charge is 2.15. The zero-order valence-electron chi connectivity index (χ0n) is 9.32. The van der Waals surface area contributed by atoms with Crippen LogP contribution in [-0.4, -0.2) is 25.6 Å². The highest BCUT2D eigenvalue weighted by atomic mass is 16.4. The number of carbonyl (C=O) groups is 1. The lowest BCUT2D eigenvalue weighted by atomic mass is 10.1. The molecular weight excluding hydrogens is 230 g/mol. The summed E-state index contributed by atoms with van der Waals surface area (Å²) in [5.74, 6) is -1.00. The Bertz CT molecular complexity index is 720. The molecule has 5 heteroatoms. The fraction of sp³-hybridized carbons (Fsp3) is 0. The van der Waals surface area contributed by atoms with E-state index >= 15 is 0 Å². The summed E-state index contributed by atoms with van der Waals surface area (Å²) in [5.41, 5.74) is 1.50. The monoisotopic (exact) mass is 239 g/mol. The van der Waals surface area contributed by atoms with Crippen molar-refractivity contribution in [2.75, 3.05) is 0 Å². The van der Waals surface area contributed by atoms with E-state index in [4.69, 9.17) is 0 Å². The molecule has 1 N–H and O–H groups in total. The average Bonchev–Trinajstić information content (AvgIpc) is 2.90. The lowest BCUT2D eigenvalue weighted by Crippen LogP contribution is -2.06. The predicted octanol–water partition coefficient (Wildman–Crippen LogP) is 2.12. The summed E-state index contributed by atoms with van der Waals surface area (Å²) in [4.78, 5) is 19.4. The number of fused-ring (bicyclic) bond motifs is 1. The average molecular weight is 239 g/mol. The second-order valence-corrected chi connectivity index (χ2v) is 3.81. The molecule has 88 valence electrons. The minimum absolute atomic E-state index is 0.159. The molecule has 0 radical (unpaired) electrons. The van der Waals surface area contributed by atoms with Crippen LogP contribution in [0.25, 0.3) is 16.6 Å². The quantitative estimate of drug-likeness (QED) is 0.743. The number of carboxylic acid groups (broad SMARTS) is 1. The fourth-order valence-electron chi connectivity index (χ4n) is 1.95. The van der Waals surface area contributed by atoms with E-state index in [0.717, 1.165) is 10.9 Å². The maximum absolute atomic E-state index is 11.3. The highest BCUT2D eigenvalue weighted by Crippen LogP contribution is 2.24. The SMILES string of the molecule is O=C(O)c1cnc2ccccc2c1-n1ccnc1. The number of para-hydroxylation sites is 1. The number of nitrogens with zero attached hydrogens (tertiary/aromatic N) is 3. The number of aromatic carboxylic acids is 1. The van der Waals surface area contributed by atoms with Crippen molar-refractivity contribution in [3.05, 3.63) is 54.7 Å². The van der Waals surface area contributed by atoms with Gasteiger partial charge in [-0.1, -0.05) is 18.2 Å². The molecule has 18 heavy (non-hydrogen) atoms. The molecule has 0 atom stereocenters. The van der Waals surface area contributed by atoms with Gasteiger partial charge in [-0.05, 0) is 6.07 Å². The van der Waals surface area contributed by atoms with E-state index in [1.165, 1.54) is 6.20 Å². The van der Waals surface area contributed by atoms with Crippen LogP contribution >= 0.6 is 0 Å². The second-order valence-electron chi connectivity index (χ2n) is 3.81. The van der Waals surface area contributed by atoms with Crippen molar-refractivity contribution in [1.82, 2.24) is 14.5 Å². The Kier molecular flexibility index (Phi) is 2.30. The first-order valence-corrected chi connectivity index (χ1v) is 5.37. The lowest BCUT2D eigenvalue weighted by molar-refractivity contribution is 0.0696. The van der Waals surface area contributed by atoms with Crippen LogP contribution < -0.4 is 0 Å². The Hall–Kier alpha value is -2.69. The van der Waals surface area contributed by atoms with E-state index in [0.29, 0.717) is 5.69 Å². The van der Waals surface area contributed by atoms with Gasteiger partial charge >= 0.3 is 5.97 Å². The summed E-state index contributed by atoms with van der Waals surface area (Å²) in [6.07, 6.45) is 6.28. The van der Waals surface area contributed by atoms with Gasteiger partial charge in [-0.25, -0.2) is 9.78 Å². The Morgan fingerprint density at radius 2 is 2.11 bits per heavy atom. The van der Waals surface area contributed by atoms with Gasteiger partial charge in [0.25, 0.3) is 0 Å². The third-order valence-corrected chi connectivity index (χ3v) is 2.74. The van der Waals surface area contributed by atoms with Gasteiger partial charge in [-0.2, -0.15) is 0 Å². The molecular formula is C13H9N3O2. The summed E-state index contributed by atoms with van der Waals surface area (Å²) < 4.78 is 1.69. The van der Waals surface area contributed by atoms with E-state index in [2.05, 4.69) is 9.97 Å². The van der Waals surface area contributed by atoms with E-state index in [1.807, 2.05) is 24.3 Å². The molecule has 0 aliphatic rings. The van der Waals surface area contributed by atoms with Crippen LogP contribution in [-0.2, 0) is 0 Å². The molecule has 0 unspecified atom stereocenters. The molecule has 3 aromatic rings. The van der Waals surface area contributed by atoms with E-state index in [-0.39, 0.29) is 5.56 Å². The van der Waals surface area contributed by atoms with Gasteiger partial charge < -0.3 is 9.67 Å². The molecule has 0 amide bonds. The Morgan fingerprint density at radius 3 is 2.83 bits per heavy atom. The molecule has 0 spiro atoms. The molecule has 0 aliphatic carbocycles. The molecule has 5 nitrogen and oxygen atoms in total. The molecule has 1 aromatic carbocycles. The van der Waals surface area contributed by atoms with E-state index in [1.54, 1.807) is 23.3 Å². The van der Waals surface area contributed by atoms with E-state index < -0.39 is 5.97 Å². The van der Waals surface area contributed by atoms with Crippen molar-refractivity contribution in [3.8, 4) is 5.69 Å². The first-order valence-electron chi connectivity index (χ1n) is 5.37. The zero-order valence-corrected chi connectivity index (χ0v) is 9.32. The van der Waals surface area contributed by atoms with Gasteiger partial charge in [-0.15, -0.1) is 0 Å². The van der Waals surface area contributed by atoms with Crippen LogP contribution in [0.3, 0.4) is 0 Å². The van der Waals surface area contributed by atoms with Crippen LogP contribution in [0.4, 0.5) is 0 Å². The summed E-state index contributed by atoms with van der Waals surface area (Å²) >= 11 is 0. The second kappa shape index (κ2) is 3.96. The van der Waals surface area contributed by atoms with Crippen LogP contribution in [0, 0.1) is 0 Å². The number of benzene rings is 1. The third kappa shape index (κ3) is 1.53. The van der Waals surface area contributed by atoms with Crippen molar-refractivity contribution >= 4 is 16.9 Å². The summed E-state index contributed by atoms with van der Waals surface area (Å²) in [6, 6.07) is 7.43. The van der Waals surface area contributed by atoms with Gasteiger partial charge in [0.15, 0.2) is 0 Å². The van der Waals surface area contributed by atoms with Gasteiger partial charge in [0.2, 0.25) is 0 Å². The van der Waals surface area contributed by atoms with Crippen LogP contribution in [0.5, 0.6) is 0 Å². The third-order valence-electron chi connectivity index (χ3n) is 2.74. The molecule has 0 saturated carbocycles. The normalized spacial score (nSPS) is 10.7. The first-order chi connectivity index (χ1) is 8.77. The Balaban J connectivity index is 2.43. The van der Waals surface area contributed by atoms with Crippen LogP contribution in [0.15, 0.2) is 49.2 Å². The minimum atomic E-state index is -1.00. The molecule has 0 saturated heterocycles. The van der Waals surface area contributed by atoms with Crippen LogP contribution in [0.2, 0.25) is 0 Å². The number of pyridine rings is 1. The fourth-order valence-corrected chi connectivity index (χ4v) is 1.95. The topological polar surface area (TPSA) is 68.0 Å². The van der Waals surface area contributed by atoms with Crippen molar-refractivity contribution in [2.24, 2.45) is 0 Å². The zero-order chi connectivity index (χ0) is 12.5. The molecule has 0 bridgehead atoms. The number of hydrogen-bond donors (Lipinski definition) is 1. The largest absolute Gasteiger partial charge is 0.478 e. The standard InChI is InChI=1S/C13H9N3O2/c17-13(18)10-7-15-11-4-2-1-3-9(11)12(10)16-6-5-14-8-16/h1-8H,(H,17,18). The maximum Gasteiger partial charge on any atom is 0.339 e. The molecule has 3 rings (SSSR count). The van der Waals surface area contributed by atoms with Gasteiger partial charge in [0.1, 0.15) is 5.56 Å². The van der Waals surface area contributed by atoms with Crippen molar-refractivity contribution in [3.63, 3.8) is 0 Å². The van der Waals surface area contributed by atoms with Gasteiger partial charge in [-0.3, -0.25) is 4.98 Å². The van der Waals surface area contributed by atoms with Crippen LogP contribution in [0.1, 0.15) is 10.4 Å². The summed E-state index contributed by atoms with van der Waals surface area (Å²) in [5, 5.41) is 10.0. The van der Waals surface area contributed by atoms with Crippen molar-refractivity contribution < 1.29 is 9.90 Å². The van der Waals surface area contributed by atoms with Gasteiger partial charge in [0.05, 0.1) is 17.5 Å². The smallest absolute Gasteiger partial charge is 0.339 e. The number of rotatable bonds is 2. The van der Waals surface area contributed by atoms with Crippen molar-refractivity contribution in [1.29, 1.82) is 0 Å². The first kappa shape index (κ1) is 10.5. The molecule has 0 fully saturated rings. The molecule has 0 aliphatic heterocycles. The molecule has 2 heterocycles. The van der Waals surface area contributed by atoms with Crippen molar-refractivity contribution in [2.45, 2.75) is 0 Å². The van der Waals surface area contributed by atoms with Gasteiger partial charge in [0, 0.05) is 24.0 Å². The summed E-state index contributed by atoms with van der Waals surface area (Å²) in [6.45, 7) is 0. The number of imidazole rings is 1. The lowest BCUT2D eigenvalue weighted by Gasteiger charge is -2.10. The number of aromatic nitrogens is 3.